The Bertz CT molecular complexity index is 882. The average molecular weight is 470 g/mol. The van der Waals surface area contributed by atoms with Gasteiger partial charge in [0.25, 0.3) is 0 Å². The maximum absolute atomic E-state index is 12.7. The second-order valence-electron chi connectivity index (χ2n) is 8.86. The molecule has 1 aliphatic heterocycles. The Kier molecular flexibility index (Phi) is 9.33. The summed E-state index contributed by atoms with van der Waals surface area (Å²) in [5.74, 6) is 0.192. The second kappa shape index (κ2) is 11.5. The molecule has 0 aliphatic carbocycles. The molecule has 0 aromatic heterocycles. The van der Waals surface area contributed by atoms with E-state index in [0.717, 1.165) is 19.4 Å². The van der Waals surface area contributed by atoms with Crippen molar-refractivity contribution in [3.05, 3.63) is 24.3 Å². The van der Waals surface area contributed by atoms with E-state index in [9.17, 15) is 18.0 Å². The Balaban J connectivity index is 1.76. The van der Waals surface area contributed by atoms with E-state index in [1.54, 1.807) is 39.0 Å². The summed E-state index contributed by atoms with van der Waals surface area (Å²) >= 11 is 0. The number of piperidine rings is 1. The first-order chi connectivity index (χ1) is 15.0. The lowest BCUT2D eigenvalue weighted by molar-refractivity contribution is -0.126. The van der Waals surface area contributed by atoms with E-state index < -0.39 is 21.5 Å². The van der Waals surface area contributed by atoms with Gasteiger partial charge in [-0.25, -0.2) is 13.2 Å². The van der Waals surface area contributed by atoms with Gasteiger partial charge in [-0.3, -0.25) is 4.79 Å². The standard InChI is InChI=1S/C22H35N3O6S/c1-22(2,3)31-21(27)24-11-10-23-20(26)17-7-6-12-25(16-17)13-14-32(28,29)19-9-5-8-18(15-19)30-4/h5,8-9,15,17H,6-7,10-14,16H2,1-4H3,(H,23,26)(H,24,27). The van der Waals surface area contributed by atoms with Gasteiger partial charge < -0.3 is 25.0 Å². The molecule has 180 valence electrons. The highest BCUT2D eigenvalue weighted by molar-refractivity contribution is 7.91. The van der Waals surface area contributed by atoms with E-state index in [-0.39, 0.29) is 29.0 Å². The lowest BCUT2D eigenvalue weighted by Crippen LogP contribution is -2.45. The van der Waals surface area contributed by atoms with Gasteiger partial charge in [-0.2, -0.15) is 0 Å². The monoisotopic (exact) mass is 469 g/mol. The van der Waals surface area contributed by atoms with Crippen molar-refractivity contribution in [2.75, 3.05) is 45.6 Å². The van der Waals surface area contributed by atoms with Crippen LogP contribution >= 0.6 is 0 Å². The zero-order valence-corrected chi connectivity index (χ0v) is 20.2. The molecule has 32 heavy (non-hydrogen) atoms. The molecule has 1 aliphatic rings. The van der Waals surface area contributed by atoms with Crippen molar-refractivity contribution < 1.29 is 27.5 Å². The van der Waals surface area contributed by atoms with Gasteiger partial charge in [0.15, 0.2) is 9.84 Å². The number of likely N-dealkylation sites (tertiary alicyclic amines) is 1. The zero-order valence-electron chi connectivity index (χ0n) is 19.3. The van der Waals surface area contributed by atoms with Crippen LogP contribution in [0.1, 0.15) is 33.6 Å². The number of amides is 2. The topological polar surface area (TPSA) is 114 Å². The van der Waals surface area contributed by atoms with Gasteiger partial charge in [0, 0.05) is 26.2 Å². The van der Waals surface area contributed by atoms with Crippen LogP contribution in [0.25, 0.3) is 0 Å². The first kappa shape index (κ1) is 25.9. The molecule has 0 radical (unpaired) electrons. The van der Waals surface area contributed by atoms with Crippen LogP contribution in [0.5, 0.6) is 5.75 Å². The third-order valence-corrected chi connectivity index (χ3v) is 6.74. The number of carbonyl (C=O) groups excluding carboxylic acids is 2. The van der Waals surface area contributed by atoms with E-state index in [1.165, 1.54) is 13.2 Å². The summed E-state index contributed by atoms with van der Waals surface area (Å²) in [4.78, 5) is 26.4. The molecule has 1 saturated heterocycles. The predicted octanol–water partition coefficient (Wildman–Crippen LogP) is 1.82. The van der Waals surface area contributed by atoms with Crippen molar-refractivity contribution in [1.29, 1.82) is 0 Å². The third kappa shape index (κ3) is 8.66. The predicted molar refractivity (Wildman–Crippen MR) is 121 cm³/mol. The van der Waals surface area contributed by atoms with Crippen LogP contribution in [0.15, 0.2) is 29.2 Å². The van der Waals surface area contributed by atoms with E-state index in [1.807, 2.05) is 4.90 Å². The SMILES string of the molecule is COc1cccc(S(=O)(=O)CCN2CCCC(C(=O)NCCNC(=O)OC(C)(C)C)C2)c1. The van der Waals surface area contributed by atoms with Crippen molar-refractivity contribution in [1.82, 2.24) is 15.5 Å². The summed E-state index contributed by atoms with van der Waals surface area (Å²) in [5.41, 5.74) is -0.570. The molecule has 10 heteroatoms. The Hall–Kier alpha value is -2.33. The molecule has 0 bridgehead atoms. The minimum atomic E-state index is -3.44. The number of rotatable bonds is 9. The quantitative estimate of drug-likeness (QED) is 0.530. The highest BCUT2D eigenvalue weighted by atomic mass is 32.2. The van der Waals surface area contributed by atoms with E-state index in [4.69, 9.17) is 9.47 Å². The van der Waals surface area contributed by atoms with E-state index >= 15 is 0 Å². The molecule has 1 aromatic carbocycles. The number of alkyl carbamates (subject to hydrolysis) is 1. The van der Waals surface area contributed by atoms with Crippen LogP contribution in [0.2, 0.25) is 0 Å². The van der Waals surface area contributed by atoms with Crippen LogP contribution in [0.3, 0.4) is 0 Å². The molecule has 0 spiro atoms. The second-order valence-corrected chi connectivity index (χ2v) is 11.0. The molecule has 1 aromatic rings. The molecular weight excluding hydrogens is 434 g/mol. The molecule has 1 atom stereocenters. The van der Waals surface area contributed by atoms with Crippen molar-refractivity contribution in [2.24, 2.45) is 5.92 Å². The fraction of sp³-hybridized carbons (Fsp3) is 0.636. The van der Waals surface area contributed by atoms with Crippen LogP contribution in [0.4, 0.5) is 4.79 Å². The van der Waals surface area contributed by atoms with E-state index in [0.29, 0.717) is 25.4 Å². The zero-order chi connectivity index (χ0) is 23.8. The number of methoxy groups -OCH3 is 1. The number of ether oxygens (including phenoxy) is 2. The largest absolute Gasteiger partial charge is 0.497 e. The number of hydrogen-bond donors (Lipinski definition) is 2. The number of benzene rings is 1. The summed E-state index contributed by atoms with van der Waals surface area (Å²) in [6, 6.07) is 6.45. The minimum absolute atomic E-state index is 0.0195. The maximum atomic E-state index is 12.7. The van der Waals surface area contributed by atoms with Gasteiger partial charge in [0.05, 0.1) is 23.7 Å². The van der Waals surface area contributed by atoms with Gasteiger partial charge >= 0.3 is 6.09 Å². The Morgan fingerprint density at radius 3 is 2.59 bits per heavy atom. The van der Waals surface area contributed by atoms with Crippen LogP contribution in [0, 0.1) is 5.92 Å². The maximum Gasteiger partial charge on any atom is 0.407 e. The number of nitrogens with zero attached hydrogens (tertiary/aromatic N) is 1. The van der Waals surface area contributed by atoms with Crippen molar-refractivity contribution in [2.45, 2.75) is 44.1 Å². The van der Waals surface area contributed by atoms with Gasteiger partial charge in [-0.1, -0.05) is 6.07 Å². The van der Waals surface area contributed by atoms with Gasteiger partial charge in [0.2, 0.25) is 5.91 Å². The smallest absolute Gasteiger partial charge is 0.407 e. The average Bonchev–Trinajstić information content (AvgIpc) is 2.74. The normalized spacial score (nSPS) is 17.4. The molecule has 0 saturated carbocycles. The summed E-state index contributed by atoms with van der Waals surface area (Å²) in [6.45, 7) is 7.57. The Morgan fingerprint density at radius 2 is 1.91 bits per heavy atom. The summed E-state index contributed by atoms with van der Waals surface area (Å²) in [5, 5.41) is 5.44. The van der Waals surface area contributed by atoms with Crippen LogP contribution in [-0.4, -0.2) is 76.5 Å². The highest BCUT2D eigenvalue weighted by Gasteiger charge is 2.27. The lowest BCUT2D eigenvalue weighted by atomic mass is 9.97. The molecule has 2 amide bonds. The Morgan fingerprint density at radius 1 is 1.19 bits per heavy atom. The number of carbonyl (C=O) groups is 2. The van der Waals surface area contributed by atoms with Crippen molar-refractivity contribution >= 4 is 21.8 Å². The van der Waals surface area contributed by atoms with Gasteiger partial charge in [0.1, 0.15) is 11.4 Å². The molecule has 2 N–H and O–H groups in total. The molecule has 1 heterocycles. The fourth-order valence-electron chi connectivity index (χ4n) is 3.44. The Labute approximate surface area is 190 Å². The fourth-order valence-corrected chi connectivity index (χ4v) is 4.76. The summed E-state index contributed by atoms with van der Waals surface area (Å²) in [7, 11) is -1.94. The first-order valence-electron chi connectivity index (χ1n) is 10.8. The minimum Gasteiger partial charge on any atom is -0.497 e. The first-order valence-corrected chi connectivity index (χ1v) is 12.5. The van der Waals surface area contributed by atoms with Crippen LogP contribution < -0.4 is 15.4 Å². The molecule has 2 rings (SSSR count). The molecule has 9 nitrogen and oxygen atoms in total. The lowest BCUT2D eigenvalue weighted by Gasteiger charge is -2.31. The van der Waals surface area contributed by atoms with Crippen LogP contribution in [-0.2, 0) is 19.4 Å². The van der Waals surface area contributed by atoms with Crippen molar-refractivity contribution in [3.63, 3.8) is 0 Å². The van der Waals surface area contributed by atoms with Crippen molar-refractivity contribution in [3.8, 4) is 5.75 Å². The highest BCUT2D eigenvalue weighted by Crippen LogP contribution is 2.20. The summed E-state index contributed by atoms with van der Waals surface area (Å²) in [6.07, 6.45) is 1.06. The van der Waals surface area contributed by atoms with E-state index in [2.05, 4.69) is 10.6 Å². The summed E-state index contributed by atoms with van der Waals surface area (Å²) < 4.78 is 35.6. The van der Waals surface area contributed by atoms with Gasteiger partial charge in [-0.15, -0.1) is 0 Å². The number of nitrogens with one attached hydrogen (secondary N) is 2. The third-order valence-electron chi connectivity index (χ3n) is 5.05. The number of hydrogen-bond acceptors (Lipinski definition) is 7. The van der Waals surface area contributed by atoms with Gasteiger partial charge in [-0.05, 0) is 58.4 Å². The number of sulfone groups is 1. The molecular formula is C22H35N3O6S. The molecule has 1 fully saturated rings. The molecule has 1 unspecified atom stereocenters.